The van der Waals surface area contributed by atoms with Crippen LogP contribution in [0.2, 0.25) is 0 Å². The lowest BCUT2D eigenvalue weighted by Crippen LogP contribution is -2.33. The number of carbonyl (C=O) groups is 2. The summed E-state index contributed by atoms with van der Waals surface area (Å²) in [6.45, 7) is 0.232. The second kappa shape index (κ2) is 8.13. The van der Waals surface area contributed by atoms with E-state index in [1.807, 2.05) is 0 Å². The molecule has 10 heteroatoms. The largest absolute Gasteiger partial charge is 0.405 e. The van der Waals surface area contributed by atoms with Gasteiger partial charge in [-0.2, -0.15) is 13.2 Å². The summed E-state index contributed by atoms with van der Waals surface area (Å²) >= 11 is 0. The molecule has 0 unspecified atom stereocenters. The van der Waals surface area contributed by atoms with E-state index in [-0.39, 0.29) is 16.9 Å². The van der Waals surface area contributed by atoms with Crippen LogP contribution in [0.1, 0.15) is 26.4 Å². The van der Waals surface area contributed by atoms with E-state index in [1.165, 1.54) is 24.3 Å². The van der Waals surface area contributed by atoms with Crippen molar-refractivity contribution in [3.05, 3.63) is 65.6 Å². The van der Waals surface area contributed by atoms with Gasteiger partial charge >= 0.3 is 6.18 Å². The number of carbonyl (C=O) groups excluding carboxylic acids is 2. The number of anilines is 1. The summed E-state index contributed by atoms with van der Waals surface area (Å²) in [6.07, 6.45) is -1.39. The molecule has 0 aliphatic carbocycles. The van der Waals surface area contributed by atoms with Crippen molar-refractivity contribution >= 4 is 17.5 Å². The van der Waals surface area contributed by atoms with Crippen LogP contribution in [-0.4, -0.2) is 34.7 Å². The Morgan fingerprint density at radius 3 is 2.48 bits per heavy atom. The number of benzene rings is 1. The Balaban J connectivity index is 1.73. The first-order valence-corrected chi connectivity index (χ1v) is 8.37. The Morgan fingerprint density at radius 2 is 1.79 bits per heavy atom. The number of amides is 2. The third-order valence-corrected chi connectivity index (χ3v) is 3.90. The van der Waals surface area contributed by atoms with E-state index in [2.05, 4.69) is 15.5 Å². The maximum Gasteiger partial charge on any atom is 0.405 e. The summed E-state index contributed by atoms with van der Waals surface area (Å²) in [5.74, 6) is -1.13. The first-order valence-electron chi connectivity index (χ1n) is 8.37. The summed E-state index contributed by atoms with van der Waals surface area (Å²) in [5.41, 5.74) is 1.55. The van der Waals surface area contributed by atoms with E-state index in [9.17, 15) is 22.8 Å². The predicted molar refractivity (Wildman–Crippen MR) is 97.3 cm³/mol. The van der Waals surface area contributed by atoms with E-state index >= 15 is 0 Å². The van der Waals surface area contributed by atoms with Crippen LogP contribution in [-0.2, 0) is 0 Å². The normalized spacial score (nSPS) is 11.2. The van der Waals surface area contributed by atoms with Crippen LogP contribution in [0, 0.1) is 6.92 Å². The van der Waals surface area contributed by atoms with Gasteiger partial charge in [0.15, 0.2) is 11.5 Å². The van der Waals surface area contributed by atoms with E-state index in [0.29, 0.717) is 16.9 Å². The minimum atomic E-state index is -4.52. The molecule has 2 amide bonds. The highest BCUT2D eigenvalue weighted by molar-refractivity contribution is 6.04. The molecule has 3 aromatic rings. The number of nitrogens with one attached hydrogen (secondary N) is 2. The van der Waals surface area contributed by atoms with Gasteiger partial charge in [-0.05, 0) is 36.8 Å². The Labute approximate surface area is 162 Å². The van der Waals surface area contributed by atoms with Crippen molar-refractivity contribution in [3.63, 3.8) is 0 Å². The van der Waals surface area contributed by atoms with Gasteiger partial charge in [-0.1, -0.05) is 11.2 Å². The van der Waals surface area contributed by atoms with Crippen molar-refractivity contribution in [2.45, 2.75) is 13.1 Å². The van der Waals surface area contributed by atoms with Gasteiger partial charge in [0, 0.05) is 35.3 Å². The summed E-state index contributed by atoms with van der Waals surface area (Å²) in [4.78, 5) is 28.3. The van der Waals surface area contributed by atoms with Crippen LogP contribution in [0.25, 0.3) is 11.3 Å². The molecule has 2 heterocycles. The topological polar surface area (TPSA) is 97.1 Å². The summed E-state index contributed by atoms with van der Waals surface area (Å²) in [5, 5.41) is 8.09. The zero-order valence-electron chi connectivity index (χ0n) is 15.1. The number of alkyl halides is 3. The van der Waals surface area contributed by atoms with Crippen LogP contribution >= 0.6 is 0 Å². The van der Waals surface area contributed by atoms with Crippen molar-refractivity contribution in [2.24, 2.45) is 0 Å². The van der Waals surface area contributed by atoms with Gasteiger partial charge in [0.05, 0.1) is 0 Å². The first kappa shape index (κ1) is 20.1. The van der Waals surface area contributed by atoms with Crippen molar-refractivity contribution in [2.75, 3.05) is 11.9 Å². The second-order valence-electron chi connectivity index (χ2n) is 6.09. The fourth-order valence-corrected chi connectivity index (χ4v) is 2.40. The van der Waals surface area contributed by atoms with Crippen LogP contribution in [0.5, 0.6) is 0 Å². The fraction of sp³-hybridized carbons (Fsp3) is 0.158. The van der Waals surface area contributed by atoms with Crippen LogP contribution in [0.4, 0.5) is 18.9 Å². The molecule has 29 heavy (non-hydrogen) atoms. The molecule has 0 saturated carbocycles. The molecule has 0 spiro atoms. The van der Waals surface area contributed by atoms with Gasteiger partial charge in [0.25, 0.3) is 11.8 Å². The quantitative estimate of drug-likeness (QED) is 0.677. The molecule has 3 rings (SSSR count). The minimum Gasteiger partial charge on any atom is -0.355 e. The zero-order chi connectivity index (χ0) is 21.0. The summed E-state index contributed by atoms with van der Waals surface area (Å²) < 4.78 is 42.0. The Morgan fingerprint density at radius 1 is 1.07 bits per heavy atom. The highest BCUT2D eigenvalue weighted by Crippen LogP contribution is 2.22. The number of nitrogens with zero attached hydrogens (tertiary/aromatic N) is 2. The maximum atomic E-state index is 12.5. The Hall–Kier alpha value is -3.69. The number of rotatable bonds is 5. The minimum absolute atomic E-state index is 0.00291. The number of halogens is 3. The van der Waals surface area contributed by atoms with Gasteiger partial charge in [-0.15, -0.1) is 0 Å². The molecule has 0 bridgehead atoms. The Bertz CT molecular complexity index is 1030. The van der Waals surface area contributed by atoms with E-state index in [0.717, 1.165) is 0 Å². The molecule has 2 aromatic heterocycles. The van der Waals surface area contributed by atoms with Crippen LogP contribution < -0.4 is 10.6 Å². The predicted octanol–water partition coefficient (Wildman–Crippen LogP) is 3.59. The highest BCUT2D eigenvalue weighted by atomic mass is 19.4. The van der Waals surface area contributed by atoms with Gasteiger partial charge in [0.2, 0.25) is 0 Å². The van der Waals surface area contributed by atoms with Crippen molar-refractivity contribution < 1.29 is 27.3 Å². The average Bonchev–Trinajstić information content (AvgIpc) is 3.18. The lowest BCUT2D eigenvalue weighted by molar-refractivity contribution is -0.123. The first-order chi connectivity index (χ1) is 13.7. The molecule has 1 aromatic carbocycles. The third kappa shape index (κ3) is 5.18. The molecule has 7 nitrogen and oxygen atoms in total. The van der Waals surface area contributed by atoms with Gasteiger partial charge in [0.1, 0.15) is 6.54 Å². The van der Waals surface area contributed by atoms with Gasteiger partial charge < -0.3 is 15.2 Å². The summed E-state index contributed by atoms with van der Waals surface area (Å²) in [7, 11) is 0. The number of aryl methyl sites for hydroxylation is 1. The average molecular weight is 404 g/mol. The molecule has 150 valence electrons. The molecule has 0 saturated heterocycles. The molecule has 0 aliphatic heterocycles. The van der Waals surface area contributed by atoms with Crippen molar-refractivity contribution in [1.82, 2.24) is 15.5 Å². The van der Waals surface area contributed by atoms with E-state index in [4.69, 9.17) is 4.52 Å². The number of pyridine rings is 1. The molecule has 0 aliphatic rings. The number of aromatic nitrogens is 2. The molecule has 2 N–H and O–H groups in total. The lowest BCUT2D eigenvalue weighted by Gasteiger charge is -2.11. The number of hydrogen-bond donors (Lipinski definition) is 2. The second-order valence-corrected chi connectivity index (χ2v) is 6.09. The lowest BCUT2D eigenvalue weighted by atomic mass is 10.1. The smallest absolute Gasteiger partial charge is 0.355 e. The van der Waals surface area contributed by atoms with Crippen LogP contribution in [0.3, 0.4) is 0 Å². The van der Waals surface area contributed by atoms with E-state index in [1.54, 1.807) is 36.8 Å². The molecular weight excluding hydrogens is 389 g/mol. The molecule has 0 fully saturated rings. The SMILES string of the molecule is Cc1ccc(C(=O)NCC(F)(F)F)cc1NC(=O)c1cc(-c2ccncc2)on1. The fourth-order valence-electron chi connectivity index (χ4n) is 2.40. The highest BCUT2D eigenvalue weighted by Gasteiger charge is 2.28. The monoisotopic (exact) mass is 404 g/mol. The molecular formula is C19H15F3N4O3. The number of hydrogen-bond acceptors (Lipinski definition) is 5. The maximum absolute atomic E-state index is 12.5. The molecule has 0 atom stereocenters. The van der Waals surface area contributed by atoms with Crippen molar-refractivity contribution in [1.29, 1.82) is 0 Å². The third-order valence-electron chi connectivity index (χ3n) is 3.90. The molecule has 0 radical (unpaired) electrons. The van der Waals surface area contributed by atoms with Gasteiger partial charge in [-0.3, -0.25) is 14.6 Å². The Kier molecular flexibility index (Phi) is 5.62. The van der Waals surface area contributed by atoms with Crippen molar-refractivity contribution in [3.8, 4) is 11.3 Å². The van der Waals surface area contributed by atoms with Crippen LogP contribution in [0.15, 0.2) is 53.3 Å². The van der Waals surface area contributed by atoms with E-state index < -0.39 is 24.5 Å². The summed E-state index contributed by atoms with van der Waals surface area (Å²) in [6, 6.07) is 9.01. The zero-order valence-corrected chi connectivity index (χ0v) is 15.1. The standard InChI is InChI=1S/C19H15F3N4O3/c1-11-2-3-13(17(27)24-10-19(20,21)22)8-14(11)25-18(28)15-9-16(29-26-15)12-4-6-23-7-5-12/h2-9H,10H2,1H3,(H,24,27)(H,25,28). The van der Waals surface area contributed by atoms with Gasteiger partial charge in [-0.25, -0.2) is 0 Å².